The molecule has 6 nitrogen and oxygen atoms in total. The summed E-state index contributed by atoms with van der Waals surface area (Å²) >= 11 is 0. The molecule has 1 saturated heterocycles. The Hall–Kier alpha value is -1.18. The molecule has 2 heterocycles. The molecule has 3 rings (SSSR count). The van der Waals surface area contributed by atoms with E-state index in [1.807, 2.05) is 0 Å². The largest absolute Gasteiger partial charge is 0.354 e. The summed E-state index contributed by atoms with van der Waals surface area (Å²) in [5, 5.41) is 0. The Balaban J connectivity index is 1.52. The molecule has 1 aliphatic carbocycles. The normalized spacial score (nSPS) is 21.1. The van der Waals surface area contributed by atoms with Gasteiger partial charge in [-0.05, 0) is 37.9 Å². The minimum atomic E-state index is -3.41. The first-order valence-corrected chi connectivity index (χ1v) is 10.4. The molecule has 0 spiro atoms. The average molecular weight is 353 g/mol. The van der Waals surface area contributed by atoms with Crippen LogP contribution in [0.25, 0.3) is 0 Å². The van der Waals surface area contributed by atoms with Crippen molar-refractivity contribution in [3.8, 4) is 0 Å². The van der Waals surface area contributed by atoms with Crippen molar-refractivity contribution < 1.29 is 8.42 Å². The van der Waals surface area contributed by atoms with Crippen LogP contribution in [0.4, 0.5) is 5.82 Å². The van der Waals surface area contributed by atoms with E-state index < -0.39 is 10.0 Å². The number of piperazine rings is 1. The molecular formula is C17H28N4O2S. The fraction of sp³-hybridized carbons (Fsp3) is 0.706. The van der Waals surface area contributed by atoms with Gasteiger partial charge in [-0.2, -0.15) is 0 Å². The first-order valence-electron chi connectivity index (χ1n) is 8.95. The zero-order chi connectivity index (χ0) is 17.0. The summed E-state index contributed by atoms with van der Waals surface area (Å²) in [6.07, 6.45) is 8.43. The third kappa shape index (κ3) is 4.26. The first kappa shape index (κ1) is 17.6. The van der Waals surface area contributed by atoms with Crippen LogP contribution in [-0.2, 0) is 10.0 Å². The van der Waals surface area contributed by atoms with Gasteiger partial charge in [0.05, 0.1) is 0 Å². The number of hydrogen-bond donors (Lipinski definition) is 1. The summed E-state index contributed by atoms with van der Waals surface area (Å²) in [6.45, 7) is 5.28. The van der Waals surface area contributed by atoms with Gasteiger partial charge < -0.3 is 4.90 Å². The van der Waals surface area contributed by atoms with Crippen LogP contribution in [0.3, 0.4) is 0 Å². The molecule has 0 aromatic carbocycles. The molecule has 1 N–H and O–H groups in total. The Morgan fingerprint density at radius 1 is 1.12 bits per heavy atom. The maximum absolute atomic E-state index is 11.7. The van der Waals surface area contributed by atoms with E-state index in [1.165, 1.54) is 51.9 Å². The number of nitrogens with zero attached hydrogens (tertiary/aromatic N) is 3. The van der Waals surface area contributed by atoms with Crippen LogP contribution in [-0.4, -0.2) is 58.1 Å². The second kappa shape index (κ2) is 7.80. The van der Waals surface area contributed by atoms with Crippen LogP contribution < -0.4 is 9.62 Å². The van der Waals surface area contributed by atoms with Crippen molar-refractivity contribution in [2.45, 2.75) is 37.0 Å². The van der Waals surface area contributed by atoms with E-state index in [0.717, 1.165) is 37.9 Å². The van der Waals surface area contributed by atoms with Gasteiger partial charge in [0.2, 0.25) is 10.0 Å². The van der Waals surface area contributed by atoms with E-state index in [0.29, 0.717) is 0 Å². The van der Waals surface area contributed by atoms with Crippen LogP contribution in [0, 0.1) is 5.92 Å². The van der Waals surface area contributed by atoms with Crippen LogP contribution in [0.15, 0.2) is 23.2 Å². The summed E-state index contributed by atoms with van der Waals surface area (Å²) < 4.78 is 25.8. The van der Waals surface area contributed by atoms with E-state index in [-0.39, 0.29) is 4.90 Å². The summed E-state index contributed by atoms with van der Waals surface area (Å²) in [5.74, 6) is 1.75. The Kier molecular flexibility index (Phi) is 5.73. The van der Waals surface area contributed by atoms with E-state index >= 15 is 0 Å². The molecule has 7 heteroatoms. The van der Waals surface area contributed by atoms with Crippen molar-refractivity contribution in [3.63, 3.8) is 0 Å². The zero-order valence-electron chi connectivity index (χ0n) is 14.4. The quantitative estimate of drug-likeness (QED) is 0.874. The predicted octanol–water partition coefficient (Wildman–Crippen LogP) is 1.69. The molecule has 1 saturated carbocycles. The van der Waals surface area contributed by atoms with Crippen molar-refractivity contribution in [1.29, 1.82) is 0 Å². The van der Waals surface area contributed by atoms with Gasteiger partial charge in [0, 0.05) is 38.9 Å². The highest BCUT2D eigenvalue weighted by Crippen LogP contribution is 2.25. The van der Waals surface area contributed by atoms with Gasteiger partial charge in [-0.3, -0.25) is 4.90 Å². The van der Waals surface area contributed by atoms with Gasteiger partial charge in [0.15, 0.2) is 0 Å². The predicted molar refractivity (Wildman–Crippen MR) is 95.7 cm³/mol. The summed E-state index contributed by atoms with van der Waals surface area (Å²) in [4.78, 5) is 9.38. The summed E-state index contributed by atoms with van der Waals surface area (Å²) in [7, 11) is -2.00. The number of pyridine rings is 1. The van der Waals surface area contributed by atoms with E-state index in [1.54, 1.807) is 12.1 Å². The van der Waals surface area contributed by atoms with Crippen molar-refractivity contribution >= 4 is 15.8 Å². The Labute approximate surface area is 145 Å². The average Bonchev–Trinajstić information content (AvgIpc) is 2.63. The molecule has 1 aliphatic heterocycles. The second-order valence-electron chi connectivity index (χ2n) is 6.85. The van der Waals surface area contributed by atoms with Gasteiger partial charge in [0.1, 0.15) is 10.7 Å². The number of aromatic nitrogens is 1. The van der Waals surface area contributed by atoms with Crippen LogP contribution in [0.5, 0.6) is 0 Å². The maximum Gasteiger partial charge on any atom is 0.241 e. The molecule has 0 bridgehead atoms. The lowest BCUT2D eigenvalue weighted by Crippen LogP contribution is -2.48. The Morgan fingerprint density at radius 3 is 2.42 bits per heavy atom. The molecule has 1 aromatic heterocycles. The van der Waals surface area contributed by atoms with Crippen molar-refractivity contribution in [1.82, 2.24) is 14.6 Å². The Morgan fingerprint density at radius 2 is 1.83 bits per heavy atom. The molecule has 2 aliphatic rings. The number of nitrogens with one attached hydrogen (secondary N) is 1. The minimum Gasteiger partial charge on any atom is -0.354 e. The van der Waals surface area contributed by atoms with Crippen LogP contribution in [0.1, 0.15) is 32.1 Å². The third-order valence-electron chi connectivity index (χ3n) is 5.24. The smallest absolute Gasteiger partial charge is 0.241 e. The molecular weight excluding hydrogens is 324 g/mol. The maximum atomic E-state index is 11.7. The molecule has 0 atom stereocenters. The second-order valence-corrected chi connectivity index (χ2v) is 8.74. The molecule has 0 amide bonds. The molecule has 0 radical (unpaired) electrons. The highest BCUT2D eigenvalue weighted by atomic mass is 32.2. The highest BCUT2D eigenvalue weighted by molar-refractivity contribution is 7.89. The number of anilines is 1. The lowest BCUT2D eigenvalue weighted by atomic mass is 9.89. The van der Waals surface area contributed by atoms with Crippen molar-refractivity contribution in [3.05, 3.63) is 18.3 Å². The molecule has 24 heavy (non-hydrogen) atoms. The fourth-order valence-electron chi connectivity index (χ4n) is 3.73. The van der Waals surface area contributed by atoms with Crippen molar-refractivity contribution in [2.24, 2.45) is 5.92 Å². The molecule has 1 aromatic rings. The lowest BCUT2D eigenvalue weighted by Gasteiger charge is -2.37. The lowest BCUT2D eigenvalue weighted by molar-refractivity contribution is 0.192. The number of sulfonamides is 1. The van der Waals surface area contributed by atoms with Gasteiger partial charge in [-0.15, -0.1) is 0 Å². The van der Waals surface area contributed by atoms with Gasteiger partial charge in [-0.1, -0.05) is 19.3 Å². The number of hydrogen-bond acceptors (Lipinski definition) is 5. The van der Waals surface area contributed by atoms with Crippen LogP contribution in [0.2, 0.25) is 0 Å². The topological polar surface area (TPSA) is 65.5 Å². The highest BCUT2D eigenvalue weighted by Gasteiger charge is 2.22. The standard InChI is InChI=1S/C17H28N4O2S/c1-18-24(22,23)16-7-8-17(19-13-16)21-11-9-20(10-12-21)14-15-5-3-2-4-6-15/h7-8,13,15,18H,2-6,9-12,14H2,1H3. The SMILES string of the molecule is CNS(=O)(=O)c1ccc(N2CCN(CC3CCCCC3)CC2)nc1. The first-order chi connectivity index (χ1) is 11.6. The van der Waals surface area contributed by atoms with Gasteiger partial charge >= 0.3 is 0 Å². The summed E-state index contributed by atoms with van der Waals surface area (Å²) in [6, 6.07) is 3.43. The minimum absolute atomic E-state index is 0.213. The summed E-state index contributed by atoms with van der Waals surface area (Å²) in [5.41, 5.74) is 0. The fourth-order valence-corrected chi connectivity index (χ4v) is 4.41. The van der Waals surface area contributed by atoms with E-state index in [9.17, 15) is 8.42 Å². The molecule has 2 fully saturated rings. The van der Waals surface area contributed by atoms with Gasteiger partial charge in [-0.25, -0.2) is 18.1 Å². The zero-order valence-corrected chi connectivity index (χ0v) is 15.3. The van der Waals surface area contributed by atoms with Crippen molar-refractivity contribution in [2.75, 3.05) is 44.7 Å². The molecule has 134 valence electrons. The third-order valence-corrected chi connectivity index (χ3v) is 6.64. The Bertz CT molecular complexity index is 618. The monoisotopic (exact) mass is 352 g/mol. The van der Waals surface area contributed by atoms with E-state index in [2.05, 4.69) is 19.5 Å². The number of rotatable bonds is 5. The van der Waals surface area contributed by atoms with Crippen LogP contribution >= 0.6 is 0 Å². The van der Waals surface area contributed by atoms with E-state index in [4.69, 9.17) is 0 Å². The van der Waals surface area contributed by atoms with Gasteiger partial charge in [0.25, 0.3) is 0 Å². The molecule has 0 unspecified atom stereocenters.